The van der Waals surface area contributed by atoms with E-state index >= 15 is 0 Å². The van der Waals surface area contributed by atoms with Crippen molar-refractivity contribution in [3.8, 4) is 0 Å². The second-order valence-corrected chi connectivity index (χ2v) is 3.97. The Morgan fingerprint density at radius 2 is 1.53 bits per heavy atom. The zero-order valence-corrected chi connectivity index (χ0v) is 11.0. The van der Waals surface area contributed by atoms with E-state index in [9.17, 15) is 0 Å². The maximum Gasteiger partial charge on any atom is 0.0426 e. The second kappa shape index (κ2) is 6.62. The van der Waals surface area contributed by atoms with E-state index in [1.807, 2.05) is 20.9 Å². The van der Waals surface area contributed by atoms with E-state index in [0.717, 1.165) is 0 Å². The van der Waals surface area contributed by atoms with Gasteiger partial charge >= 0.3 is 0 Å². The lowest BCUT2D eigenvalue weighted by Gasteiger charge is -2.34. The predicted molar refractivity (Wildman–Crippen MR) is 69.0 cm³/mol. The Bertz CT molecular complexity index is 253. The summed E-state index contributed by atoms with van der Waals surface area (Å²) in [6.07, 6.45) is 0. The number of benzene rings is 1. The Balaban J connectivity index is 0.000000921. The van der Waals surface area contributed by atoms with Crippen molar-refractivity contribution in [3.63, 3.8) is 0 Å². The normalized spacial score (nSPS) is 14.1. The maximum atomic E-state index is 3.39. The monoisotopic (exact) mass is 207 g/mol. The Morgan fingerprint density at radius 3 is 1.87 bits per heavy atom. The molecule has 1 rings (SSSR count). The largest absolute Gasteiger partial charge is 0.310 e. The fraction of sp³-hybridized carbons (Fsp3) is 0.571. The first-order valence-electron chi connectivity index (χ1n) is 5.85. The van der Waals surface area contributed by atoms with Gasteiger partial charge in [-0.15, -0.1) is 0 Å². The van der Waals surface area contributed by atoms with Crippen LogP contribution in [0.25, 0.3) is 0 Å². The summed E-state index contributed by atoms with van der Waals surface area (Å²) < 4.78 is 0. The molecule has 15 heavy (non-hydrogen) atoms. The van der Waals surface area contributed by atoms with Crippen molar-refractivity contribution in [3.05, 3.63) is 35.9 Å². The molecule has 86 valence electrons. The zero-order chi connectivity index (χ0) is 11.9. The molecular weight excluding hydrogens is 182 g/mol. The van der Waals surface area contributed by atoms with Gasteiger partial charge in [0.05, 0.1) is 0 Å². The van der Waals surface area contributed by atoms with Gasteiger partial charge in [0.2, 0.25) is 0 Å². The molecule has 0 heterocycles. The first kappa shape index (κ1) is 14.2. The fourth-order valence-corrected chi connectivity index (χ4v) is 1.55. The standard InChI is InChI=1S/C12H19N.C2H6/c1-10(2)12(3,13-4)11-8-6-5-7-9-11;1-2/h5-10,13H,1-4H3;1-2H3. The molecule has 1 atom stereocenters. The van der Waals surface area contributed by atoms with Gasteiger partial charge in [-0.3, -0.25) is 0 Å². The van der Waals surface area contributed by atoms with Gasteiger partial charge in [-0.1, -0.05) is 58.0 Å². The third kappa shape index (κ3) is 3.35. The van der Waals surface area contributed by atoms with Crippen LogP contribution in [0.5, 0.6) is 0 Å². The lowest BCUT2D eigenvalue weighted by Crippen LogP contribution is -2.41. The Kier molecular flexibility index (Phi) is 6.26. The van der Waals surface area contributed by atoms with Gasteiger partial charge in [0, 0.05) is 5.54 Å². The van der Waals surface area contributed by atoms with Gasteiger partial charge in [0.1, 0.15) is 0 Å². The van der Waals surface area contributed by atoms with Crippen molar-refractivity contribution in [1.29, 1.82) is 0 Å². The molecule has 1 nitrogen and oxygen atoms in total. The van der Waals surface area contributed by atoms with Crippen molar-refractivity contribution in [1.82, 2.24) is 5.32 Å². The minimum Gasteiger partial charge on any atom is -0.310 e. The quantitative estimate of drug-likeness (QED) is 0.795. The van der Waals surface area contributed by atoms with Crippen LogP contribution >= 0.6 is 0 Å². The topological polar surface area (TPSA) is 12.0 Å². The molecule has 0 aromatic heterocycles. The fourth-order valence-electron chi connectivity index (χ4n) is 1.55. The average Bonchev–Trinajstić information content (AvgIpc) is 2.31. The highest BCUT2D eigenvalue weighted by atomic mass is 14.9. The summed E-state index contributed by atoms with van der Waals surface area (Å²) >= 11 is 0. The number of nitrogens with one attached hydrogen (secondary N) is 1. The molecular formula is C14H25N. The minimum atomic E-state index is 0.0846. The lowest BCUT2D eigenvalue weighted by molar-refractivity contribution is 0.286. The van der Waals surface area contributed by atoms with Crippen LogP contribution in [0.3, 0.4) is 0 Å². The molecule has 1 aromatic carbocycles. The Labute approximate surface area is 94.9 Å². The highest BCUT2D eigenvalue weighted by molar-refractivity contribution is 5.24. The van der Waals surface area contributed by atoms with E-state index < -0.39 is 0 Å². The van der Waals surface area contributed by atoms with Gasteiger partial charge < -0.3 is 5.32 Å². The molecule has 1 unspecified atom stereocenters. The molecule has 0 amide bonds. The van der Waals surface area contributed by atoms with Crippen molar-refractivity contribution < 1.29 is 0 Å². The van der Waals surface area contributed by atoms with Crippen molar-refractivity contribution in [2.45, 2.75) is 40.2 Å². The van der Waals surface area contributed by atoms with Crippen LogP contribution in [-0.2, 0) is 5.54 Å². The summed E-state index contributed by atoms with van der Waals surface area (Å²) in [5.74, 6) is 0.583. The summed E-state index contributed by atoms with van der Waals surface area (Å²) in [7, 11) is 2.02. The molecule has 0 aliphatic heterocycles. The predicted octanol–water partition coefficient (Wildman–Crippen LogP) is 3.80. The van der Waals surface area contributed by atoms with Crippen molar-refractivity contribution in [2.24, 2.45) is 5.92 Å². The molecule has 1 aromatic rings. The van der Waals surface area contributed by atoms with E-state index in [0.29, 0.717) is 5.92 Å². The van der Waals surface area contributed by atoms with Crippen LogP contribution in [0.2, 0.25) is 0 Å². The first-order chi connectivity index (χ1) is 7.11. The van der Waals surface area contributed by atoms with Gasteiger partial charge in [-0.2, -0.15) is 0 Å². The highest BCUT2D eigenvalue weighted by Crippen LogP contribution is 2.27. The van der Waals surface area contributed by atoms with Crippen molar-refractivity contribution in [2.75, 3.05) is 7.05 Å². The summed E-state index contributed by atoms with van der Waals surface area (Å²) in [4.78, 5) is 0. The third-order valence-corrected chi connectivity index (χ3v) is 3.05. The van der Waals surface area contributed by atoms with Crippen LogP contribution in [-0.4, -0.2) is 7.05 Å². The number of hydrogen-bond acceptors (Lipinski definition) is 1. The van der Waals surface area contributed by atoms with Crippen LogP contribution < -0.4 is 5.32 Å². The molecule has 0 bridgehead atoms. The van der Waals surface area contributed by atoms with E-state index in [-0.39, 0.29) is 5.54 Å². The SMILES string of the molecule is CC.CNC(C)(c1ccccc1)C(C)C. The minimum absolute atomic E-state index is 0.0846. The van der Waals surface area contributed by atoms with Gasteiger partial charge in [-0.05, 0) is 25.5 Å². The molecule has 0 spiro atoms. The molecule has 0 radical (unpaired) electrons. The van der Waals surface area contributed by atoms with E-state index in [1.165, 1.54) is 5.56 Å². The number of hydrogen-bond donors (Lipinski definition) is 1. The number of rotatable bonds is 3. The molecule has 0 aliphatic carbocycles. The van der Waals surface area contributed by atoms with Gasteiger partial charge in [0.15, 0.2) is 0 Å². The Morgan fingerprint density at radius 1 is 1.07 bits per heavy atom. The van der Waals surface area contributed by atoms with Crippen molar-refractivity contribution >= 4 is 0 Å². The smallest absolute Gasteiger partial charge is 0.0426 e. The Hall–Kier alpha value is -0.820. The zero-order valence-electron chi connectivity index (χ0n) is 11.0. The van der Waals surface area contributed by atoms with E-state index in [1.54, 1.807) is 0 Å². The van der Waals surface area contributed by atoms with Crippen LogP contribution in [0.1, 0.15) is 40.2 Å². The molecule has 1 heteroatoms. The van der Waals surface area contributed by atoms with Gasteiger partial charge in [0.25, 0.3) is 0 Å². The first-order valence-corrected chi connectivity index (χ1v) is 5.85. The lowest BCUT2D eigenvalue weighted by atomic mass is 9.82. The molecule has 1 N–H and O–H groups in total. The maximum absolute atomic E-state index is 3.39. The molecule has 0 saturated carbocycles. The molecule has 0 aliphatic rings. The molecule has 0 saturated heterocycles. The summed E-state index contributed by atoms with van der Waals surface area (Å²) in [6, 6.07) is 10.6. The van der Waals surface area contributed by atoms with Crippen LogP contribution in [0.15, 0.2) is 30.3 Å². The summed E-state index contributed by atoms with van der Waals surface area (Å²) in [5.41, 5.74) is 1.44. The highest BCUT2D eigenvalue weighted by Gasteiger charge is 2.27. The summed E-state index contributed by atoms with van der Waals surface area (Å²) in [6.45, 7) is 10.7. The second-order valence-electron chi connectivity index (χ2n) is 3.97. The van der Waals surface area contributed by atoms with Gasteiger partial charge in [-0.25, -0.2) is 0 Å². The van der Waals surface area contributed by atoms with E-state index in [2.05, 4.69) is 56.4 Å². The average molecular weight is 207 g/mol. The van der Waals surface area contributed by atoms with E-state index in [4.69, 9.17) is 0 Å². The third-order valence-electron chi connectivity index (χ3n) is 3.05. The molecule has 0 fully saturated rings. The van der Waals surface area contributed by atoms with Crippen LogP contribution in [0.4, 0.5) is 0 Å². The van der Waals surface area contributed by atoms with Crippen LogP contribution in [0, 0.1) is 5.92 Å². The summed E-state index contributed by atoms with van der Waals surface area (Å²) in [5, 5.41) is 3.39.